The number of carbonyl (C=O) groups excluding carboxylic acids is 1. The van der Waals surface area contributed by atoms with Crippen molar-refractivity contribution in [2.75, 3.05) is 6.54 Å². The summed E-state index contributed by atoms with van der Waals surface area (Å²) < 4.78 is 1.22. The van der Waals surface area contributed by atoms with Crippen molar-refractivity contribution < 1.29 is 14.7 Å². The van der Waals surface area contributed by atoms with Crippen LogP contribution >= 0.6 is 11.3 Å². The van der Waals surface area contributed by atoms with Crippen LogP contribution in [0.25, 0.3) is 10.2 Å². The van der Waals surface area contributed by atoms with Crippen molar-refractivity contribution in [3.63, 3.8) is 0 Å². The smallest absolute Gasteiger partial charge is 0.308 e. The second-order valence-corrected chi connectivity index (χ2v) is 5.84. The number of hydrogen-bond donors (Lipinski definition) is 2. The number of carboxylic acids is 1. The maximum absolute atomic E-state index is 12.1. The quantitative estimate of drug-likeness (QED) is 0.794. The SMILES string of the molecule is CCCC(CNC(=O)Cn1cnc2sccc2c1=O)C(=O)O. The molecule has 0 saturated heterocycles. The van der Waals surface area contributed by atoms with Gasteiger partial charge in [-0.3, -0.25) is 19.0 Å². The van der Waals surface area contributed by atoms with Gasteiger partial charge in [0.25, 0.3) is 5.56 Å². The molecule has 7 nitrogen and oxygen atoms in total. The van der Waals surface area contributed by atoms with Crippen LogP contribution in [0.1, 0.15) is 19.8 Å². The molecule has 0 aliphatic carbocycles. The van der Waals surface area contributed by atoms with Crippen LogP contribution in [0.3, 0.4) is 0 Å². The second-order valence-electron chi connectivity index (χ2n) is 4.94. The predicted molar refractivity (Wildman–Crippen MR) is 82.9 cm³/mol. The van der Waals surface area contributed by atoms with E-state index in [0.29, 0.717) is 16.6 Å². The first-order valence-electron chi connectivity index (χ1n) is 6.95. The largest absolute Gasteiger partial charge is 0.481 e. The number of aliphatic carboxylic acids is 1. The van der Waals surface area contributed by atoms with E-state index in [1.54, 1.807) is 11.4 Å². The zero-order valence-electron chi connectivity index (χ0n) is 12.1. The zero-order chi connectivity index (χ0) is 16.1. The molecule has 2 heterocycles. The van der Waals surface area contributed by atoms with E-state index < -0.39 is 17.8 Å². The Kier molecular flexibility index (Phi) is 5.26. The molecular weight excluding hydrogens is 306 g/mol. The minimum atomic E-state index is -0.930. The third kappa shape index (κ3) is 3.70. The van der Waals surface area contributed by atoms with Gasteiger partial charge in [-0.05, 0) is 17.9 Å². The number of hydrogen-bond acceptors (Lipinski definition) is 5. The summed E-state index contributed by atoms with van der Waals surface area (Å²) in [5.74, 6) is -1.94. The molecule has 0 aromatic carbocycles. The molecule has 118 valence electrons. The van der Waals surface area contributed by atoms with Gasteiger partial charge in [0.2, 0.25) is 5.91 Å². The summed E-state index contributed by atoms with van der Waals surface area (Å²) in [7, 11) is 0. The standard InChI is InChI=1S/C14H17N3O4S/c1-2-3-9(14(20)21)6-15-11(18)7-17-8-16-12-10(13(17)19)4-5-22-12/h4-5,8-9H,2-3,6-7H2,1H3,(H,15,18)(H,20,21). The van der Waals surface area contributed by atoms with Crippen molar-refractivity contribution in [2.24, 2.45) is 5.92 Å². The van der Waals surface area contributed by atoms with Crippen LogP contribution in [-0.4, -0.2) is 33.1 Å². The van der Waals surface area contributed by atoms with E-state index in [4.69, 9.17) is 5.11 Å². The third-order valence-corrected chi connectivity index (χ3v) is 4.12. The van der Waals surface area contributed by atoms with Gasteiger partial charge in [0.05, 0.1) is 17.6 Å². The van der Waals surface area contributed by atoms with Gasteiger partial charge in [0, 0.05) is 6.54 Å². The lowest BCUT2D eigenvalue weighted by Gasteiger charge is -2.12. The summed E-state index contributed by atoms with van der Waals surface area (Å²) in [4.78, 5) is 39.8. The number of amides is 1. The second kappa shape index (κ2) is 7.17. The molecule has 0 radical (unpaired) electrons. The lowest BCUT2D eigenvalue weighted by molar-refractivity contribution is -0.141. The van der Waals surface area contributed by atoms with Crippen LogP contribution in [0.4, 0.5) is 0 Å². The van der Waals surface area contributed by atoms with Crippen molar-refractivity contribution in [1.82, 2.24) is 14.9 Å². The van der Waals surface area contributed by atoms with Gasteiger partial charge in [-0.2, -0.15) is 0 Å². The van der Waals surface area contributed by atoms with Crippen LogP contribution in [-0.2, 0) is 16.1 Å². The van der Waals surface area contributed by atoms with Crippen molar-refractivity contribution in [1.29, 1.82) is 0 Å². The monoisotopic (exact) mass is 323 g/mol. The fourth-order valence-electron chi connectivity index (χ4n) is 2.11. The number of aromatic nitrogens is 2. The summed E-state index contributed by atoms with van der Waals surface area (Å²) in [6, 6.07) is 1.67. The minimum Gasteiger partial charge on any atom is -0.481 e. The summed E-state index contributed by atoms with van der Waals surface area (Å²) in [5.41, 5.74) is -0.273. The summed E-state index contributed by atoms with van der Waals surface area (Å²) in [6.45, 7) is 1.78. The summed E-state index contributed by atoms with van der Waals surface area (Å²) in [5, 5.41) is 13.8. The Hall–Kier alpha value is -2.22. The molecule has 2 aromatic rings. The topological polar surface area (TPSA) is 101 Å². The van der Waals surface area contributed by atoms with Gasteiger partial charge >= 0.3 is 5.97 Å². The van der Waals surface area contributed by atoms with Crippen LogP contribution in [0.2, 0.25) is 0 Å². The lowest BCUT2D eigenvalue weighted by Crippen LogP contribution is -2.37. The molecule has 22 heavy (non-hydrogen) atoms. The highest BCUT2D eigenvalue weighted by Crippen LogP contribution is 2.13. The Morgan fingerprint density at radius 3 is 2.95 bits per heavy atom. The third-order valence-electron chi connectivity index (χ3n) is 3.30. The van der Waals surface area contributed by atoms with Crippen molar-refractivity contribution in [2.45, 2.75) is 26.3 Å². The molecule has 0 saturated carbocycles. The first kappa shape index (κ1) is 16.2. The molecule has 2 rings (SSSR count). The van der Waals surface area contributed by atoms with E-state index in [1.807, 2.05) is 6.92 Å². The fraction of sp³-hybridized carbons (Fsp3) is 0.429. The first-order chi connectivity index (χ1) is 10.5. The molecule has 0 fully saturated rings. The van der Waals surface area contributed by atoms with Gasteiger partial charge in [-0.15, -0.1) is 11.3 Å². The number of thiophene rings is 1. The number of nitrogens with zero attached hydrogens (tertiary/aromatic N) is 2. The fourth-order valence-corrected chi connectivity index (χ4v) is 2.84. The zero-order valence-corrected chi connectivity index (χ0v) is 12.9. The van der Waals surface area contributed by atoms with Crippen LogP contribution < -0.4 is 10.9 Å². The van der Waals surface area contributed by atoms with Gasteiger partial charge in [-0.1, -0.05) is 13.3 Å². The average Bonchev–Trinajstić information content (AvgIpc) is 2.95. The van der Waals surface area contributed by atoms with Gasteiger partial charge in [0.15, 0.2) is 0 Å². The highest BCUT2D eigenvalue weighted by Gasteiger charge is 2.17. The number of fused-ring (bicyclic) bond motifs is 1. The number of nitrogens with one attached hydrogen (secondary N) is 1. The van der Waals surface area contributed by atoms with E-state index >= 15 is 0 Å². The van der Waals surface area contributed by atoms with Crippen molar-refractivity contribution in [3.05, 3.63) is 28.1 Å². The highest BCUT2D eigenvalue weighted by atomic mass is 32.1. The van der Waals surface area contributed by atoms with Crippen molar-refractivity contribution >= 4 is 33.4 Å². The van der Waals surface area contributed by atoms with Crippen LogP contribution in [0, 0.1) is 5.92 Å². The maximum Gasteiger partial charge on any atom is 0.308 e. The Morgan fingerprint density at radius 2 is 2.27 bits per heavy atom. The van der Waals surface area contributed by atoms with E-state index in [9.17, 15) is 14.4 Å². The summed E-state index contributed by atoms with van der Waals surface area (Å²) in [6.07, 6.45) is 2.56. The Bertz CT molecular complexity index is 737. The first-order valence-corrected chi connectivity index (χ1v) is 7.83. The number of carbonyl (C=O) groups is 2. The molecule has 1 unspecified atom stereocenters. The molecule has 2 N–H and O–H groups in total. The van der Waals surface area contributed by atoms with Crippen LogP contribution in [0.15, 0.2) is 22.6 Å². The molecule has 0 bridgehead atoms. The molecule has 1 amide bonds. The molecule has 0 spiro atoms. The number of carboxylic acid groups (broad SMARTS) is 1. The average molecular weight is 323 g/mol. The molecular formula is C14H17N3O4S. The Labute approximate surface area is 130 Å². The van der Waals surface area contributed by atoms with E-state index in [2.05, 4.69) is 10.3 Å². The molecule has 0 aliphatic heterocycles. The number of rotatable bonds is 7. The molecule has 1 atom stereocenters. The molecule has 0 aliphatic rings. The summed E-state index contributed by atoms with van der Waals surface area (Å²) >= 11 is 1.36. The lowest BCUT2D eigenvalue weighted by atomic mass is 10.0. The van der Waals surface area contributed by atoms with E-state index in [0.717, 1.165) is 6.42 Å². The minimum absolute atomic E-state index is 0.0604. The molecule has 8 heteroatoms. The Balaban J connectivity index is 2.00. The Morgan fingerprint density at radius 1 is 1.50 bits per heavy atom. The van der Waals surface area contributed by atoms with Gasteiger partial charge in [0.1, 0.15) is 11.4 Å². The van der Waals surface area contributed by atoms with E-state index in [-0.39, 0.29) is 18.6 Å². The highest BCUT2D eigenvalue weighted by molar-refractivity contribution is 7.16. The maximum atomic E-state index is 12.1. The van der Waals surface area contributed by atoms with Crippen molar-refractivity contribution in [3.8, 4) is 0 Å². The molecule has 2 aromatic heterocycles. The van der Waals surface area contributed by atoms with Gasteiger partial charge in [-0.25, -0.2) is 4.98 Å². The normalized spacial score (nSPS) is 12.2. The van der Waals surface area contributed by atoms with E-state index in [1.165, 1.54) is 22.2 Å². The van der Waals surface area contributed by atoms with Crippen LogP contribution in [0.5, 0.6) is 0 Å². The van der Waals surface area contributed by atoms with Gasteiger partial charge < -0.3 is 10.4 Å². The predicted octanol–water partition coefficient (Wildman–Crippen LogP) is 1.08.